The van der Waals surface area contributed by atoms with E-state index in [1.165, 1.54) is 4.52 Å². The minimum atomic E-state index is -0.349. The molecule has 0 atom stereocenters. The van der Waals surface area contributed by atoms with Gasteiger partial charge in [0.15, 0.2) is 11.5 Å². The van der Waals surface area contributed by atoms with Crippen LogP contribution in [0.15, 0.2) is 47.3 Å². The van der Waals surface area contributed by atoms with Crippen molar-refractivity contribution in [1.82, 2.24) is 19.6 Å². The first-order valence-electron chi connectivity index (χ1n) is 7.31. The lowest BCUT2D eigenvalue weighted by atomic mass is 10.2. The maximum atomic E-state index is 12.3. The number of benzene rings is 2. The predicted octanol–water partition coefficient (Wildman–Crippen LogP) is 2.25. The van der Waals surface area contributed by atoms with E-state index < -0.39 is 0 Å². The molecule has 4 rings (SSSR count). The van der Waals surface area contributed by atoms with Gasteiger partial charge in [-0.2, -0.15) is 4.52 Å². The van der Waals surface area contributed by atoms with Gasteiger partial charge >= 0.3 is 5.69 Å². The average molecular weight is 322 g/mol. The largest absolute Gasteiger partial charge is 0.497 e. The molecule has 0 spiro atoms. The molecule has 2 heterocycles. The number of ether oxygens (including phenoxy) is 2. The lowest BCUT2D eigenvalue weighted by Crippen LogP contribution is -2.17. The highest BCUT2D eigenvalue weighted by Crippen LogP contribution is 2.24. The first kappa shape index (κ1) is 14.3. The number of hydrogen-bond acceptors (Lipinski definition) is 5. The van der Waals surface area contributed by atoms with E-state index >= 15 is 0 Å². The highest BCUT2D eigenvalue weighted by Gasteiger charge is 2.13. The summed E-state index contributed by atoms with van der Waals surface area (Å²) >= 11 is 0. The zero-order valence-corrected chi connectivity index (χ0v) is 13.1. The van der Waals surface area contributed by atoms with Crippen molar-refractivity contribution < 1.29 is 9.47 Å². The van der Waals surface area contributed by atoms with E-state index in [0.717, 1.165) is 16.7 Å². The lowest BCUT2D eigenvalue weighted by Gasteiger charge is -2.02. The van der Waals surface area contributed by atoms with Crippen molar-refractivity contribution in [1.29, 1.82) is 0 Å². The second kappa shape index (κ2) is 5.38. The first-order valence-corrected chi connectivity index (χ1v) is 7.31. The van der Waals surface area contributed by atoms with Crippen molar-refractivity contribution in [2.24, 2.45) is 0 Å². The predicted molar refractivity (Wildman–Crippen MR) is 89.7 cm³/mol. The Morgan fingerprint density at radius 3 is 2.42 bits per heavy atom. The van der Waals surface area contributed by atoms with Crippen molar-refractivity contribution in [3.05, 3.63) is 52.9 Å². The van der Waals surface area contributed by atoms with Crippen molar-refractivity contribution in [3.8, 4) is 22.9 Å². The van der Waals surface area contributed by atoms with Gasteiger partial charge in [-0.15, -0.1) is 5.10 Å². The van der Waals surface area contributed by atoms with Crippen LogP contribution in [-0.4, -0.2) is 33.8 Å². The molecule has 0 bridgehead atoms. The van der Waals surface area contributed by atoms with Crippen molar-refractivity contribution >= 4 is 16.6 Å². The molecular weight excluding hydrogens is 308 g/mol. The normalized spacial score (nSPS) is 11.1. The van der Waals surface area contributed by atoms with Crippen LogP contribution in [0, 0.1) is 0 Å². The molecule has 0 fully saturated rings. The second-order valence-electron chi connectivity index (χ2n) is 5.24. The third-order valence-corrected chi connectivity index (χ3v) is 3.86. The first-order chi connectivity index (χ1) is 11.7. The van der Waals surface area contributed by atoms with E-state index in [1.54, 1.807) is 20.3 Å². The highest BCUT2D eigenvalue weighted by atomic mass is 16.5. The Balaban J connectivity index is 1.94. The van der Waals surface area contributed by atoms with E-state index in [2.05, 4.69) is 15.1 Å². The fourth-order valence-electron chi connectivity index (χ4n) is 2.61. The molecule has 0 amide bonds. The van der Waals surface area contributed by atoms with Crippen LogP contribution in [0.1, 0.15) is 0 Å². The molecule has 2 aromatic carbocycles. The summed E-state index contributed by atoms with van der Waals surface area (Å²) in [7, 11) is 3.19. The Bertz CT molecular complexity index is 1100. The van der Waals surface area contributed by atoms with E-state index in [9.17, 15) is 4.79 Å². The molecule has 1 N–H and O–H groups in total. The topological polar surface area (TPSA) is 81.5 Å². The summed E-state index contributed by atoms with van der Waals surface area (Å²) in [5, 5.41) is 5.11. The molecule has 24 heavy (non-hydrogen) atoms. The molecule has 4 aromatic rings. The van der Waals surface area contributed by atoms with Crippen LogP contribution >= 0.6 is 0 Å². The average Bonchev–Trinajstić information content (AvgIpc) is 3.07. The minimum Gasteiger partial charge on any atom is -0.497 e. The summed E-state index contributed by atoms with van der Waals surface area (Å²) < 4.78 is 11.6. The Morgan fingerprint density at radius 2 is 1.71 bits per heavy atom. The Kier molecular flexibility index (Phi) is 3.19. The molecule has 7 heteroatoms. The molecule has 0 aliphatic heterocycles. The molecule has 0 aliphatic carbocycles. The number of nitrogens with one attached hydrogen (secondary N) is 1. The Morgan fingerprint density at radius 1 is 1.00 bits per heavy atom. The Labute approximate surface area is 136 Å². The summed E-state index contributed by atoms with van der Waals surface area (Å²) in [6.07, 6.45) is 0. The smallest absolute Gasteiger partial charge is 0.348 e. The number of rotatable bonds is 3. The molecule has 2 aromatic heterocycles. The van der Waals surface area contributed by atoms with Gasteiger partial charge in [-0.25, -0.2) is 9.78 Å². The summed E-state index contributed by atoms with van der Waals surface area (Å²) in [5.74, 6) is 1.89. The molecule has 0 saturated carbocycles. The van der Waals surface area contributed by atoms with Gasteiger partial charge in [0.25, 0.3) is 0 Å². The van der Waals surface area contributed by atoms with Gasteiger partial charge in [-0.05, 0) is 36.4 Å². The quantitative estimate of drug-likeness (QED) is 0.625. The number of aromatic amines is 1. The van der Waals surface area contributed by atoms with Crippen molar-refractivity contribution in [2.45, 2.75) is 0 Å². The standard InChI is InChI=1S/C17H14N4O3/c1-23-11-5-3-10(4-6-11)15-19-16-13-8-7-12(24-2)9-14(13)18-17(22)21(16)20-15/h3-9H,1-2H3,(H,18,22). The number of nitrogens with zero attached hydrogens (tertiary/aromatic N) is 3. The number of aromatic nitrogens is 4. The lowest BCUT2D eigenvalue weighted by molar-refractivity contribution is 0.415. The van der Waals surface area contributed by atoms with E-state index in [-0.39, 0.29) is 5.69 Å². The van der Waals surface area contributed by atoms with Crippen LogP contribution < -0.4 is 15.2 Å². The number of H-pyrrole nitrogens is 1. The van der Waals surface area contributed by atoms with Crippen molar-refractivity contribution in [3.63, 3.8) is 0 Å². The van der Waals surface area contributed by atoms with Crippen LogP contribution in [0.4, 0.5) is 0 Å². The number of methoxy groups -OCH3 is 2. The number of hydrogen-bond donors (Lipinski definition) is 1. The van der Waals surface area contributed by atoms with Crippen LogP contribution in [0.3, 0.4) is 0 Å². The second-order valence-corrected chi connectivity index (χ2v) is 5.24. The molecule has 0 aliphatic rings. The zero-order chi connectivity index (χ0) is 16.7. The number of fused-ring (bicyclic) bond motifs is 3. The van der Waals surface area contributed by atoms with Gasteiger partial charge in [0.1, 0.15) is 11.5 Å². The van der Waals surface area contributed by atoms with Crippen LogP contribution in [0.2, 0.25) is 0 Å². The summed E-state index contributed by atoms with van der Waals surface area (Å²) in [4.78, 5) is 19.6. The zero-order valence-electron chi connectivity index (χ0n) is 13.1. The van der Waals surface area contributed by atoms with E-state index in [0.29, 0.717) is 22.7 Å². The van der Waals surface area contributed by atoms with Gasteiger partial charge in [0, 0.05) is 17.0 Å². The maximum Gasteiger partial charge on any atom is 0.348 e. The van der Waals surface area contributed by atoms with Crippen LogP contribution in [0.5, 0.6) is 11.5 Å². The van der Waals surface area contributed by atoms with Gasteiger partial charge in [0.2, 0.25) is 0 Å². The summed E-state index contributed by atoms with van der Waals surface area (Å²) in [6.45, 7) is 0. The van der Waals surface area contributed by atoms with Crippen molar-refractivity contribution in [2.75, 3.05) is 14.2 Å². The third kappa shape index (κ3) is 2.18. The minimum absolute atomic E-state index is 0.349. The summed E-state index contributed by atoms with van der Waals surface area (Å²) in [6, 6.07) is 12.8. The Hall–Kier alpha value is -3.35. The fraction of sp³-hybridized carbons (Fsp3) is 0.118. The summed E-state index contributed by atoms with van der Waals surface area (Å²) in [5.41, 5.74) is 1.61. The maximum absolute atomic E-state index is 12.3. The fourth-order valence-corrected chi connectivity index (χ4v) is 2.61. The molecule has 0 unspecified atom stereocenters. The van der Waals surface area contributed by atoms with Gasteiger partial charge < -0.3 is 14.5 Å². The monoisotopic (exact) mass is 322 g/mol. The highest BCUT2D eigenvalue weighted by molar-refractivity contribution is 5.92. The van der Waals surface area contributed by atoms with Crippen LogP contribution in [0.25, 0.3) is 27.9 Å². The van der Waals surface area contributed by atoms with Gasteiger partial charge in [-0.1, -0.05) is 0 Å². The van der Waals surface area contributed by atoms with Gasteiger partial charge in [-0.3, -0.25) is 0 Å². The SMILES string of the molecule is COc1ccc(-c2nc3c4ccc(OC)cc4[nH]c(=O)n3n2)cc1. The van der Waals surface area contributed by atoms with Gasteiger partial charge in [0.05, 0.1) is 19.7 Å². The van der Waals surface area contributed by atoms with Crippen LogP contribution in [-0.2, 0) is 0 Å². The van der Waals surface area contributed by atoms with E-state index in [1.807, 2.05) is 36.4 Å². The molecule has 7 nitrogen and oxygen atoms in total. The molecule has 120 valence electrons. The third-order valence-electron chi connectivity index (χ3n) is 3.86. The molecule has 0 radical (unpaired) electrons. The molecule has 0 saturated heterocycles. The van der Waals surface area contributed by atoms with E-state index in [4.69, 9.17) is 9.47 Å². The molecular formula is C17H14N4O3.